The third-order valence-electron chi connectivity index (χ3n) is 3.47. The number of hydrogen-bond donors (Lipinski definition) is 2. The van der Waals surface area contributed by atoms with Gasteiger partial charge in [0.05, 0.1) is 0 Å². The molecule has 0 amide bonds. The molecule has 0 bridgehead atoms. The fourth-order valence-electron chi connectivity index (χ4n) is 2.43. The molecule has 0 aromatic carbocycles. The highest BCUT2D eigenvalue weighted by Gasteiger charge is 2.23. The van der Waals surface area contributed by atoms with Crippen LogP contribution in [-0.4, -0.2) is 19.1 Å². The Morgan fingerprint density at radius 1 is 1.36 bits per heavy atom. The lowest BCUT2D eigenvalue weighted by atomic mass is 9.79. The number of nitrogens with two attached hydrogens (primary N) is 1. The van der Waals surface area contributed by atoms with Crippen molar-refractivity contribution in [1.29, 1.82) is 0 Å². The molecule has 84 valence electrons. The first-order valence-electron chi connectivity index (χ1n) is 6.17. The maximum Gasteiger partial charge on any atom is 0.00698 e. The van der Waals surface area contributed by atoms with Gasteiger partial charge in [-0.15, -0.1) is 0 Å². The van der Waals surface area contributed by atoms with Gasteiger partial charge in [-0.1, -0.05) is 26.7 Å². The van der Waals surface area contributed by atoms with Crippen LogP contribution in [0.2, 0.25) is 0 Å². The second-order valence-corrected chi connectivity index (χ2v) is 4.96. The van der Waals surface area contributed by atoms with E-state index in [-0.39, 0.29) is 0 Å². The molecule has 1 fully saturated rings. The molecule has 2 nitrogen and oxygen atoms in total. The molecular formula is C12H26N2. The third-order valence-corrected chi connectivity index (χ3v) is 3.47. The van der Waals surface area contributed by atoms with Crippen molar-refractivity contribution in [3.05, 3.63) is 0 Å². The Balaban J connectivity index is 2.19. The Bertz CT molecular complexity index is 145. The minimum atomic E-state index is 0.766. The molecule has 0 radical (unpaired) electrons. The molecule has 1 rings (SSSR count). The Kier molecular flexibility index (Phi) is 5.49. The average Bonchev–Trinajstić information content (AvgIpc) is 2.19. The van der Waals surface area contributed by atoms with Crippen molar-refractivity contribution in [2.45, 2.75) is 52.0 Å². The van der Waals surface area contributed by atoms with E-state index < -0.39 is 0 Å². The molecule has 2 heteroatoms. The molecule has 0 saturated heterocycles. The van der Waals surface area contributed by atoms with Gasteiger partial charge < -0.3 is 11.1 Å². The van der Waals surface area contributed by atoms with Gasteiger partial charge in [-0.2, -0.15) is 0 Å². The Morgan fingerprint density at radius 2 is 2.14 bits per heavy atom. The lowest BCUT2D eigenvalue weighted by Gasteiger charge is -2.32. The van der Waals surface area contributed by atoms with Crippen molar-refractivity contribution in [2.75, 3.05) is 13.1 Å². The summed E-state index contributed by atoms with van der Waals surface area (Å²) < 4.78 is 0. The third kappa shape index (κ3) is 3.97. The molecule has 2 unspecified atom stereocenters. The van der Waals surface area contributed by atoms with Crippen molar-refractivity contribution in [1.82, 2.24) is 5.32 Å². The fourth-order valence-corrected chi connectivity index (χ4v) is 2.43. The van der Waals surface area contributed by atoms with E-state index in [9.17, 15) is 0 Å². The first-order valence-corrected chi connectivity index (χ1v) is 6.17. The van der Waals surface area contributed by atoms with Gasteiger partial charge in [-0.25, -0.2) is 0 Å². The highest BCUT2D eigenvalue weighted by atomic mass is 14.9. The molecule has 0 heterocycles. The van der Waals surface area contributed by atoms with Gasteiger partial charge >= 0.3 is 0 Å². The standard InChI is InChI=1S/C12H26N2/c1-10(2)11-5-3-6-12(9-11)14-8-4-7-13/h10-12,14H,3-9,13H2,1-2H3. The largest absolute Gasteiger partial charge is 0.330 e. The van der Waals surface area contributed by atoms with Gasteiger partial charge in [0.2, 0.25) is 0 Å². The summed E-state index contributed by atoms with van der Waals surface area (Å²) in [7, 11) is 0. The van der Waals surface area contributed by atoms with Crippen molar-refractivity contribution in [3.8, 4) is 0 Å². The zero-order valence-corrected chi connectivity index (χ0v) is 9.76. The molecule has 3 N–H and O–H groups in total. The summed E-state index contributed by atoms with van der Waals surface area (Å²) >= 11 is 0. The average molecular weight is 198 g/mol. The predicted octanol–water partition coefficient (Wildman–Crippen LogP) is 2.14. The molecule has 0 aliphatic heterocycles. The maximum absolute atomic E-state index is 5.48. The molecule has 0 aromatic heterocycles. The van der Waals surface area contributed by atoms with Crippen molar-refractivity contribution >= 4 is 0 Å². The van der Waals surface area contributed by atoms with E-state index in [1.54, 1.807) is 0 Å². The summed E-state index contributed by atoms with van der Waals surface area (Å²) in [4.78, 5) is 0. The molecule has 14 heavy (non-hydrogen) atoms. The summed E-state index contributed by atoms with van der Waals surface area (Å²) in [6.07, 6.45) is 6.70. The van der Waals surface area contributed by atoms with Gasteiger partial charge in [0.1, 0.15) is 0 Å². The Morgan fingerprint density at radius 3 is 2.79 bits per heavy atom. The van der Waals surface area contributed by atoms with E-state index in [2.05, 4.69) is 19.2 Å². The van der Waals surface area contributed by atoms with Crippen LogP contribution in [0.4, 0.5) is 0 Å². The molecule has 0 spiro atoms. The minimum Gasteiger partial charge on any atom is -0.330 e. The van der Waals surface area contributed by atoms with Crippen LogP contribution in [0, 0.1) is 11.8 Å². The van der Waals surface area contributed by atoms with Gasteiger partial charge in [-0.05, 0) is 44.2 Å². The summed E-state index contributed by atoms with van der Waals surface area (Å²) in [6, 6.07) is 0.766. The topological polar surface area (TPSA) is 38.0 Å². The van der Waals surface area contributed by atoms with Crippen molar-refractivity contribution in [3.63, 3.8) is 0 Å². The van der Waals surface area contributed by atoms with Crippen molar-refractivity contribution < 1.29 is 0 Å². The van der Waals surface area contributed by atoms with Crippen LogP contribution in [-0.2, 0) is 0 Å². The van der Waals surface area contributed by atoms with Crippen LogP contribution < -0.4 is 11.1 Å². The number of hydrogen-bond acceptors (Lipinski definition) is 2. The quantitative estimate of drug-likeness (QED) is 0.664. The predicted molar refractivity (Wildman–Crippen MR) is 62.3 cm³/mol. The first kappa shape index (κ1) is 12.0. The molecule has 2 atom stereocenters. The van der Waals surface area contributed by atoms with E-state index in [1.807, 2.05) is 0 Å². The van der Waals surface area contributed by atoms with E-state index in [4.69, 9.17) is 5.73 Å². The van der Waals surface area contributed by atoms with Crippen LogP contribution in [0.15, 0.2) is 0 Å². The zero-order chi connectivity index (χ0) is 10.4. The molecular weight excluding hydrogens is 172 g/mol. The lowest BCUT2D eigenvalue weighted by Crippen LogP contribution is -2.36. The van der Waals surface area contributed by atoms with E-state index in [1.165, 1.54) is 25.7 Å². The summed E-state index contributed by atoms with van der Waals surface area (Å²) in [5, 5.41) is 3.63. The van der Waals surface area contributed by atoms with Gasteiger partial charge in [0, 0.05) is 6.04 Å². The summed E-state index contributed by atoms with van der Waals surface area (Å²) in [6.45, 7) is 6.62. The van der Waals surface area contributed by atoms with Gasteiger partial charge in [-0.3, -0.25) is 0 Å². The molecule has 1 aliphatic carbocycles. The summed E-state index contributed by atoms with van der Waals surface area (Å²) in [5.74, 6) is 1.80. The van der Waals surface area contributed by atoms with Gasteiger partial charge in [0.25, 0.3) is 0 Å². The molecule has 1 saturated carbocycles. The minimum absolute atomic E-state index is 0.766. The SMILES string of the molecule is CC(C)C1CCCC(NCCCN)C1. The Labute approximate surface area is 88.6 Å². The first-order chi connectivity index (χ1) is 6.74. The smallest absolute Gasteiger partial charge is 0.00698 e. The molecule has 1 aliphatic rings. The van der Waals surface area contributed by atoms with Crippen LogP contribution >= 0.6 is 0 Å². The Hall–Kier alpha value is -0.0800. The lowest BCUT2D eigenvalue weighted by molar-refractivity contribution is 0.232. The second-order valence-electron chi connectivity index (χ2n) is 4.96. The highest BCUT2D eigenvalue weighted by molar-refractivity contribution is 4.79. The fraction of sp³-hybridized carbons (Fsp3) is 1.00. The number of rotatable bonds is 5. The zero-order valence-electron chi connectivity index (χ0n) is 9.76. The highest BCUT2D eigenvalue weighted by Crippen LogP contribution is 2.29. The van der Waals surface area contributed by atoms with Crippen LogP contribution in [0.5, 0.6) is 0 Å². The van der Waals surface area contributed by atoms with E-state index in [0.717, 1.165) is 37.4 Å². The van der Waals surface area contributed by atoms with Crippen molar-refractivity contribution in [2.24, 2.45) is 17.6 Å². The number of nitrogens with one attached hydrogen (secondary N) is 1. The monoisotopic (exact) mass is 198 g/mol. The summed E-state index contributed by atoms with van der Waals surface area (Å²) in [5.41, 5.74) is 5.48. The normalized spacial score (nSPS) is 28.3. The van der Waals surface area contributed by atoms with Crippen LogP contribution in [0.1, 0.15) is 46.0 Å². The van der Waals surface area contributed by atoms with Crippen LogP contribution in [0.3, 0.4) is 0 Å². The van der Waals surface area contributed by atoms with E-state index in [0.29, 0.717) is 0 Å². The van der Waals surface area contributed by atoms with Crippen LogP contribution in [0.25, 0.3) is 0 Å². The van der Waals surface area contributed by atoms with Gasteiger partial charge in [0.15, 0.2) is 0 Å². The van der Waals surface area contributed by atoms with E-state index >= 15 is 0 Å². The maximum atomic E-state index is 5.48. The molecule has 0 aromatic rings. The second kappa shape index (κ2) is 6.41.